The Balaban J connectivity index is 2.74. The summed E-state index contributed by atoms with van der Waals surface area (Å²) in [5.41, 5.74) is 4.62. The molecule has 0 aromatic heterocycles. The van der Waals surface area contributed by atoms with E-state index < -0.39 is 5.54 Å². The molecule has 4 nitrogen and oxygen atoms in total. The van der Waals surface area contributed by atoms with E-state index in [1.54, 1.807) is 6.92 Å². The molecule has 0 aromatic carbocycles. The molecular formula is C5H10N2O2. The van der Waals surface area contributed by atoms with Crippen LogP contribution in [0.5, 0.6) is 0 Å². The molecule has 0 bridgehead atoms. The quantitative estimate of drug-likeness (QED) is 0.427. The third kappa shape index (κ3) is 0.906. The van der Waals surface area contributed by atoms with E-state index in [-0.39, 0.29) is 5.91 Å². The molecule has 1 fully saturated rings. The monoisotopic (exact) mass is 130 g/mol. The van der Waals surface area contributed by atoms with Crippen molar-refractivity contribution in [2.24, 2.45) is 5.73 Å². The lowest BCUT2D eigenvalue weighted by Crippen LogP contribution is -2.44. The van der Waals surface area contributed by atoms with Crippen molar-refractivity contribution in [3.8, 4) is 0 Å². The normalized spacial score (nSPS) is 35.9. The maximum Gasteiger partial charge on any atom is 0.265 e. The molecule has 0 aromatic rings. The van der Waals surface area contributed by atoms with Crippen molar-refractivity contribution < 1.29 is 10.0 Å². The third-order valence-electron chi connectivity index (χ3n) is 1.57. The molecule has 52 valence electrons. The van der Waals surface area contributed by atoms with Crippen molar-refractivity contribution >= 4 is 5.91 Å². The van der Waals surface area contributed by atoms with E-state index in [1.807, 2.05) is 0 Å². The summed E-state index contributed by atoms with van der Waals surface area (Å²) in [6.07, 6.45) is 0.530. The average Bonchev–Trinajstić information content (AvgIpc) is 1.97. The Morgan fingerprint density at radius 1 is 1.89 bits per heavy atom. The van der Waals surface area contributed by atoms with Crippen LogP contribution in [-0.4, -0.2) is 28.3 Å². The van der Waals surface area contributed by atoms with Crippen molar-refractivity contribution in [3.05, 3.63) is 0 Å². The van der Waals surface area contributed by atoms with Gasteiger partial charge < -0.3 is 5.73 Å². The van der Waals surface area contributed by atoms with Gasteiger partial charge in [-0.2, -0.15) is 0 Å². The zero-order chi connectivity index (χ0) is 7.07. The first-order valence-corrected chi connectivity index (χ1v) is 2.84. The lowest BCUT2D eigenvalue weighted by atomic mass is 10.0. The molecule has 1 aliphatic heterocycles. The number of nitrogens with zero attached hydrogens (tertiary/aromatic N) is 1. The Bertz CT molecular complexity index is 144. The van der Waals surface area contributed by atoms with Gasteiger partial charge in [-0.25, -0.2) is 5.06 Å². The predicted molar refractivity (Wildman–Crippen MR) is 30.7 cm³/mol. The standard InChI is InChI=1S/C5H10N2O2/c1-5(6)2-3-7(9)4(5)8/h9H,2-3,6H2,1H3. The van der Waals surface area contributed by atoms with E-state index in [9.17, 15) is 4.79 Å². The number of hydrogen-bond donors (Lipinski definition) is 2. The van der Waals surface area contributed by atoms with Gasteiger partial charge in [0.05, 0.1) is 12.1 Å². The summed E-state index contributed by atoms with van der Waals surface area (Å²) in [5.74, 6) is -0.387. The van der Waals surface area contributed by atoms with E-state index >= 15 is 0 Å². The number of rotatable bonds is 0. The molecular weight excluding hydrogens is 120 g/mol. The number of carbonyl (C=O) groups is 1. The summed E-state index contributed by atoms with van der Waals surface area (Å²) >= 11 is 0. The fourth-order valence-electron chi connectivity index (χ4n) is 0.841. The highest BCUT2D eigenvalue weighted by Crippen LogP contribution is 2.16. The zero-order valence-electron chi connectivity index (χ0n) is 5.29. The van der Waals surface area contributed by atoms with Gasteiger partial charge in [-0.1, -0.05) is 0 Å². The van der Waals surface area contributed by atoms with Crippen molar-refractivity contribution in [2.45, 2.75) is 18.9 Å². The average molecular weight is 130 g/mol. The minimum Gasteiger partial charge on any atom is -0.317 e. The number of hydroxylamine groups is 2. The van der Waals surface area contributed by atoms with Crippen molar-refractivity contribution in [2.75, 3.05) is 6.54 Å². The first kappa shape index (κ1) is 6.51. The third-order valence-corrected chi connectivity index (χ3v) is 1.57. The van der Waals surface area contributed by atoms with Gasteiger partial charge in [0.15, 0.2) is 0 Å². The minimum atomic E-state index is -0.839. The van der Waals surface area contributed by atoms with Crippen LogP contribution in [0.25, 0.3) is 0 Å². The van der Waals surface area contributed by atoms with Gasteiger partial charge in [0.2, 0.25) is 0 Å². The summed E-state index contributed by atoms with van der Waals surface area (Å²) in [7, 11) is 0. The summed E-state index contributed by atoms with van der Waals surface area (Å²) in [6, 6.07) is 0. The van der Waals surface area contributed by atoms with E-state index in [1.165, 1.54) is 0 Å². The fourth-order valence-corrected chi connectivity index (χ4v) is 0.841. The van der Waals surface area contributed by atoms with Gasteiger partial charge in [0, 0.05) is 0 Å². The van der Waals surface area contributed by atoms with Crippen LogP contribution >= 0.6 is 0 Å². The first-order chi connectivity index (χ1) is 4.04. The predicted octanol–water partition coefficient (Wildman–Crippen LogP) is -0.675. The molecule has 0 aliphatic carbocycles. The van der Waals surface area contributed by atoms with E-state index in [2.05, 4.69) is 0 Å². The Labute approximate surface area is 53.2 Å². The Morgan fingerprint density at radius 2 is 2.44 bits per heavy atom. The highest BCUT2D eigenvalue weighted by molar-refractivity contribution is 5.86. The van der Waals surface area contributed by atoms with Crippen molar-refractivity contribution in [1.82, 2.24) is 5.06 Å². The molecule has 1 atom stereocenters. The molecule has 1 saturated heterocycles. The van der Waals surface area contributed by atoms with Crippen LogP contribution in [0.15, 0.2) is 0 Å². The number of amides is 1. The topological polar surface area (TPSA) is 66.6 Å². The van der Waals surface area contributed by atoms with E-state index in [0.717, 1.165) is 0 Å². The van der Waals surface area contributed by atoms with Crippen LogP contribution in [-0.2, 0) is 4.79 Å². The second-order valence-electron chi connectivity index (χ2n) is 2.60. The Kier molecular flexibility index (Phi) is 1.22. The largest absolute Gasteiger partial charge is 0.317 e. The smallest absolute Gasteiger partial charge is 0.265 e. The minimum absolute atomic E-state index is 0.353. The molecule has 1 rings (SSSR count). The Hall–Kier alpha value is -0.610. The van der Waals surface area contributed by atoms with Gasteiger partial charge in [-0.05, 0) is 13.3 Å². The van der Waals surface area contributed by atoms with Gasteiger partial charge in [0.25, 0.3) is 5.91 Å². The SMILES string of the molecule is CC1(N)CCN(O)C1=O. The maximum atomic E-state index is 10.8. The lowest BCUT2D eigenvalue weighted by Gasteiger charge is -2.13. The van der Waals surface area contributed by atoms with Crippen molar-refractivity contribution in [3.63, 3.8) is 0 Å². The molecule has 3 N–H and O–H groups in total. The van der Waals surface area contributed by atoms with Crippen LogP contribution in [0, 0.1) is 0 Å². The highest BCUT2D eigenvalue weighted by Gasteiger charge is 2.38. The second-order valence-corrected chi connectivity index (χ2v) is 2.60. The zero-order valence-corrected chi connectivity index (χ0v) is 5.29. The molecule has 1 unspecified atom stereocenters. The highest BCUT2D eigenvalue weighted by atomic mass is 16.5. The van der Waals surface area contributed by atoms with E-state index in [4.69, 9.17) is 10.9 Å². The van der Waals surface area contributed by atoms with Gasteiger partial charge in [-0.3, -0.25) is 10.0 Å². The van der Waals surface area contributed by atoms with Crippen LogP contribution in [0.2, 0.25) is 0 Å². The summed E-state index contributed by atoms with van der Waals surface area (Å²) in [4.78, 5) is 10.8. The maximum absolute atomic E-state index is 10.8. The molecule has 1 aliphatic rings. The van der Waals surface area contributed by atoms with Gasteiger partial charge >= 0.3 is 0 Å². The van der Waals surface area contributed by atoms with E-state index in [0.29, 0.717) is 18.0 Å². The Morgan fingerprint density at radius 3 is 2.56 bits per heavy atom. The molecule has 0 radical (unpaired) electrons. The van der Waals surface area contributed by atoms with Crippen LogP contribution in [0.4, 0.5) is 0 Å². The second kappa shape index (κ2) is 1.68. The summed E-state index contributed by atoms with van der Waals surface area (Å²) < 4.78 is 0. The first-order valence-electron chi connectivity index (χ1n) is 2.84. The molecule has 0 spiro atoms. The molecule has 4 heteroatoms. The summed E-state index contributed by atoms with van der Waals surface area (Å²) in [6.45, 7) is 1.97. The number of nitrogens with two attached hydrogens (primary N) is 1. The molecule has 1 amide bonds. The lowest BCUT2D eigenvalue weighted by molar-refractivity contribution is -0.160. The van der Waals surface area contributed by atoms with Gasteiger partial charge in [-0.15, -0.1) is 0 Å². The van der Waals surface area contributed by atoms with Crippen molar-refractivity contribution in [1.29, 1.82) is 0 Å². The molecule has 9 heavy (non-hydrogen) atoms. The summed E-state index contributed by atoms with van der Waals surface area (Å²) in [5, 5.41) is 9.40. The van der Waals surface area contributed by atoms with Crippen LogP contribution < -0.4 is 5.73 Å². The van der Waals surface area contributed by atoms with Crippen LogP contribution in [0.3, 0.4) is 0 Å². The molecule has 1 heterocycles. The fraction of sp³-hybridized carbons (Fsp3) is 0.800. The van der Waals surface area contributed by atoms with Crippen LogP contribution in [0.1, 0.15) is 13.3 Å². The van der Waals surface area contributed by atoms with Gasteiger partial charge in [0.1, 0.15) is 0 Å². The molecule has 0 saturated carbocycles. The number of carbonyl (C=O) groups excluding carboxylic acids is 1. The number of hydrogen-bond acceptors (Lipinski definition) is 3.